The predicted molar refractivity (Wildman–Crippen MR) is 108 cm³/mol. The van der Waals surface area contributed by atoms with Gasteiger partial charge in [0.2, 0.25) is 0 Å². The zero-order chi connectivity index (χ0) is 20.6. The molecular weight excluding hydrogens is 374 g/mol. The average molecular weight is 401 g/mol. The predicted octanol–water partition coefficient (Wildman–Crippen LogP) is 2.06. The molecule has 1 saturated heterocycles. The zero-order valence-corrected chi connectivity index (χ0v) is 16.8. The second-order valence-corrected chi connectivity index (χ2v) is 6.86. The summed E-state index contributed by atoms with van der Waals surface area (Å²) in [6.45, 7) is 7.59. The largest absolute Gasteiger partial charge is 0.378 e. The number of benzene rings is 1. The number of fused-ring (bicyclic) bond motifs is 1. The molecule has 0 saturated carbocycles. The minimum atomic E-state index is -0.123. The molecule has 0 unspecified atom stereocenters. The lowest BCUT2D eigenvalue weighted by Crippen LogP contribution is -2.40. The molecule has 3 N–H and O–H groups in total. The maximum Gasteiger partial charge on any atom is 0.276 e. The van der Waals surface area contributed by atoms with Gasteiger partial charge in [-0.05, 0) is 32.0 Å². The molecule has 1 amide bonds. The number of nitrogens with one attached hydrogen (secondary N) is 1. The van der Waals surface area contributed by atoms with Crippen LogP contribution < -0.4 is 5.73 Å². The van der Waals surface area contributed by atoms with Crippen molar-refractivity contribution in [2.75, 3.05) is 39.5 Å². The third-order valence-corrected chi connectivity index (χ3v) is 4.32. The molecule has 0 aliphatic carbocycles. The third-order valence-electron chi connectivity index (χ3n) is 4.32. The summed E-state index contributed by atoms with van der Waals surface area (Å²) in [5.41, 5.74) is 7.29. The van der Waals surface area contributed by atoms with Crippen molar-refractivity contribution >= 4 is 16.8 Å². The molecule has 1 aromatic carbocycles. The van der Waals surface area contributed by atoms with E-state index >= 15 is 0 Å². The average Bonchev–Trinajstić information content (AvgIpc) is 3.41. The summed E-state index contributed by atoms with van der Waals surface area (Å²) in [6, 6.07) is 7.45. The Morgan fingerprint density at radius 1 is 1.31 bits per heavy atom. The van der Waals surface area contributed by atoms with Crippen LogP contribution in [0.2, 0.25) is 0 Å². The fraction of sp³-hybridized carbons (Fsp3) is 0.450. The molecule has 3 heterocycles. The fourth-order valence-electron chi connectivity index (χ4n) is 2.84. The van der Waals surface area contributed by atoms with Gasteiger partial charge in [0.15, 0.2) is 11.5 Å². The number of rotatable bonds is 5. The van der Waals surface area contributed by atoms with E-state index in [1.54, 1.807) is 17.2 Å². The van der Waals surface area contributed by atoms with Crippen molar-refractivity contribution in [1.82, 2.24) is 20.3 Å². The monoisotopic (exact) mass is 401 g/mol. The Hall–Kier alpha value is -2.75. The Bertz CT molecular complexity index is 914. The molecule has 1 fully saturated rings. The highest BCUT2D eigenvalue weighted by atomic mass is 16.5. The normalized spacial score (nSPS) is 14.1. The summed E-state index contributed by atoms with van der Waals surface area (Å²) in [6.07, 6.45) is 2.07. The number of morpholine rings is 1. The third kappa shape index (κ3) is 5.63. The summed E-state index contributed by atoms with van der Waals surface area (Å²) < 4.78 is 15.6. The van der Waals surface area contributed by atoms with Crippen LogP contribution in [0.25, 0.3) is 22.2 Å². The van der Waals surface area contributed by atoms with Gasteiger partial charge in [-0.25, -0.2) is 0 Å². The first-order valence-electron chi connectivity index (χ1n) is 9.67. The number of carbonyl (C=O) groups excluding carboxylic acids is 1. The maximum atomic E-state index is 12.3. The Balaban J connectivity index is 0.000000298. The molecule has 9 heteroatoms. The van der Waals surface area contributed by atoms with Crippen LogP contribution in [0.5, 0.6) is 0 Å². The van der Waals surface area contributed by atoms with Crippen LogP contribution in [0.15, 0.2) is 35.0 Å². The number of aromatic amines is 1. The van der Waals surface area contributed by atoms with Gasteiger partial charge >= 0.3 is 0 Å². The van der Waals surface area contributed by atoms with Gasteiger partial charge in [0, 0.05) is 36.7 Å². The number of aromatic nitrogens is 3. The summed E-state index contributed by atoms with van der Waals surface area (Å²) in [5, 5.41) is 11.8. The van der Waals surface area contributed by atoms with Crippen molar-refractivity contribution in [2.24, 2.45) is 5.73 Å². The first-order chi connectivity index (χ1) is 14.1. The highest BCUT2D eigenvalue weighted by molar-refractivity contribution is 5.93. The number of hydrogen-bond donors (Lipinski definition) is 2. The van der Waals surface area contributed by atoms with E-state index in [4.69, 9.17) is 19.7 Å². The van der Waals surface area contributed by atoms with Gasteiger partial charge in [0.1, 0.15) is 0 Å². The quantitative estimate of drug-likeness (QED) is 0.671. The molecule has 0 atom stereocenters. The van der Waals surface area contributed by atoms with E-state index in [2.05, 4.69) is 15.4 Å². The standard InChI is InChI=1S/C15H14N4O3.C5H13NO/c20-15(19-3-5-21-6-4-19)13-8-14(22-18-13)10-1-2-12-11(7-10)9-16-17-12;1-5(2)7-4-3-6/h1-2,7-9H,3-6H2,(H,16,17);5H,3-4,6H2,1-2H3. The van der Waals surface area contributed by atoms with Gasteiger partial charge in [-0.3, -0.25) is 9.89 Å². The highest BCUT2D eigenvalue weighted by Crippen LogP contribution is 2.24. The van der Waals surface area contributed by atoms with Crippen LogP contribution in [0, 0.1) is 0 Å². The topological polar surface area (TPSA) is 120 Å². The minimum absolute atomic E-state index is 0.123. The molecule has 4 rings (SSSR count). The lowest BCUT2D eigenvalue weighted by atomic mass is 10.1. The van der Waals surface area contributed by atoms with Crippen LogP contribution in [0.4, 0.5) is 0 Å². The summed E-state index contributed by atoms with van der Waals surface area (Å²) in [5.74, 6) is 0.447. The number of hydrogen-bond acceptors (Lipinski definition) is 7. The van der Waals surface area contributed by atoms with Crippen molar-refractivity contribution in [1.29, 1.82) is 0 Å². The number of amides is 1. The lowest BCUT2D eigenvalue weighted by molar-refractivity contribution is 0.0296. The van der Waals surface area contributed by atoms with Crippen molar-refractivity contribution in [2.45, 2.75) is 20.0 Å². The van der Waals surface area contributed by atoms with Crippen LogP contribution >= 0.6 is 0 Å². The van der Waals surface area contributed by atoms with Crippen LogP contribution in [-0.4, -0.2) is 71.7 Å². The van der Waals surface area contributed by atoms with Gasteiger partial charge in [0.05, 0.1) is 37.6 Å². The highest BCUT2D eigenvalue weighted by Gasteiger charge is 2.22. The number of carbonyl (C=O) groups is 1. The number of nitrogens with two attached hydrogens (primary N) is 1. The smallest absolute Gasteiger partial charge is 0.276 e. The van der Waals surface area contributed by atoms with E-state index in [1.165, 1.54) is 0 Å². The molecule has 1 aliphatic rings. The van der Waals surface area contributed by atoms with Crippen LogP contribution in [0.1, 0.15) is 24.3 Å². The second-order valence-electron chi connectivity index (χ2n) is 6.86. The number of H-pyrrole nitrogens is 1. The molecule has 0 radical (unpaired) electrons. The van der Waals surface area contributed by atoms with Crippen molar-refractivity contribution in [3.63, 3.8) is 0 Å². The van der Waals surface area contributed by atoms with Crippen molar-refractivity contribution in [3.05, 3.63) is 36.2 Å². The van der Waals surface area contributed by atoms with Crippen molar-refractivity contribution < 1.29 is 18.8 Å². The SMILES string of the molecule is CC(C)OCCN.O=C(c1cc(-c2ccc3[nH]ncc3c2)on1)N1CCOCC1. The molecule has 1 aliphatic heterocycles. The van der Waals surface area contributed by atoms with Gasteiger partial charge < -0.3 is 24.6 Å². The molecule has 0 spiro atoms. The first kappa shape index (κ1) is 21.0. The fourth-order valence-corrected chi connectivity index (χ4v) is 2.84. The van der Waals surface area contributed by atoms with Crippen LogP contribution in [-0.2, 0) is 9.47 Å². The molecule has 3 aromatic rings. The van der Waals surface area contributed by atoms with E-state index in [9.17, 15) is 4.79 Å². The van der Waals surface area contributed by atoms with Gasteiger partial charge in [-0.2, -0.15) is 5.10 Å². The molecule has 0 bridgehead atoms. The van der Waals surface area contributed by atoms with Gasteiger partial charge in [-0.1, -0.05) is 5.16 Å². The number of nitrogens with zero attached hydrogens (tertiary/aromatic N) is 3. The Morgan fingerprint density at radius 2 is 2.10 bits per heavy atom. The Morgan fingerprint density at radius 3 is 2.79 bits per heavy atom. The summed E-state index contributed by atoms with van der Waals surface area (Å²) in [4.78, 5) is 14.1. The molecule has 2 aromatic heterocycles. The van der Waals surface area contributed by atoms with Crippen molar-refractivity contribution in [3.8, 4) is 11.3 Å². The Kier molecular flexibility index (Phi) is 7.34. The van der Waals surface area contributed by atoms with Crippen LogP contribution in [0.3, 0.4) is 0 Å². The van der Waals surface area contributed by atoms with E-state index in [0.29, 0.717) is 57.0 Å². The molecular formula is C20H27N5O4. The van der Waals surface area contributed by atoms with Gasteiger partial charge in [0.25, 0.3) is 5.91 Å². The second kappa shape index (κ2) is 10.1. The summed E-state index contributed by atoms with van der Waals surface area (Å²) >= 11 is 0. The van der Waals surface area contributed by atoms with E-state index in [1.807, 2.05) is 32.0 Å². The maximum absolute atomic E-state index is 12.3. The molecule has 9 nitrogen and oxygen atoms in total. The molecule has 29 heavy (non-hydrogen) atoms. The zero-order valence-electron chi connectivity index (χ0n) is 16.8. The van der Waals surface area contributed by atoms with E-state index in [0.717, 1.165) is 16.5 Å². The van der Waals surface area contributed by atoms with E-state index in [-0.39, 0.29) is 5.91 Å². The summed E-state index contributed by atoms with van der Waals surface area (Å²) in [7, 11) is 0. The Labute approximate surface area is 169 Å². The number of ether oxygens (including phenoxy) is 2. The van der Waals surface area contributed by atoms with E-state index < -0.39 is 0 Å². The molecule has 156 valence electrons. The van der Waals surface area contributed by atoms with Gasteiger partial charge in [-0.15, -0.1) is 0 Å². The first-order valence-corrected chi connectivity index (χ1v) is 9.67. The minimum Gasteiger partial charge on any atom is -0.378 e. The lowest BCUT2D eigenvalue weighted by Gasteiger charge is -2.25.